The predicted octanol–water partition coefficient (Wildman–Crippen LogP) is 3.31. The summed E-state index contributed by atoms with van der Waals surface area (Å²) in [5.41, 5.74) is 1.80. The zero-order valence-electron chi connectivity index (χ0n) is 12.8. The van der Waals surface area contributed by atoms with Gasteiger partial charge in [0.15, 0.2) is 5.78 Å². The Morgan fingerprint density at radius 1 is 1.35 bits per heavy atom. The van der Waals surface area contributed by atoms with E-state index in [2.05, 4.69) is 4.90 Å². The summed E-state index contributed by atoms with van der Waals surface area (Å²) in [5, 5.41) is 0. The normalized spacial score (nSPS) is 15.8. The number of ketones is 1. The van der Waals surface area contributed by atoms with E-state index in [1.165, 1.54) is 25.7 Å². The second kappa shape index (κ2) is 6.89. The van der Waals surface area contributed by atoms with Crippen LogP contribution in [0.3, 0.4) is 0 Å². The van der Waals surface area contributed by atoms with Crippen LogP contribution < -0.4 is 4.74 Å². The number of aryl methyl sites for hydroxylation is 1. The second-order valence-corrected chi connectivity index (χ2v) is 5.97. The van der Waals surface area contributed by atoms with Gasteiger partial charge in [0.2, 0.25) is 0 Å². The van der Waals surface area contributed by atoms with Gasteiger partial charge in [0.25, 0.3) is 0 Å². The molecule has 0 heterocycles. The SMILES string of the molecule is COc1cc(C)ccc1C(=O)CN(C)CC1CCCC1. The van der Waals surface area contributed by atoms with Gasteiger partial charge in [-0.25, -0.2) is 0 Å². The third-order valence-electron chi connectivity index (χ3n) is 4.12. The van der Waals surface area contributed by atoms with Crippen LogP contribution in [0, 0.1) is 12.8 Å². The topological polar surface area (TPSA) is 29.5 Å². The van der Waals surface area contributed by atoms with Gasteiger partial charge >= 0.3 is 0 Å². The molecule has 0 bridgehead atoms. The molecule has 0 saturated heterocycles. The average Bonchev–Trinajstić information content (AvgIpc) is 2.90. The van der Waals surface area contributed by atoms with Crippen LogP contribution in [0.2, 0.25) is 0 Å². The lowest BCUT2D eigenvalue weighted by molar-refractivity contribution is 0.0935. The Bertz CT molecular complexity index is 464. The van der Waals surface area contributed by atoms with E-state index in [1.54, 1.807) is 7.11 Å². The van der Waals surface area contributed by atoms with Crippen LogP contribution in [0.5, 0.6) is 5.75 Å². The molecule has 0 amide bonds. The van der Waals surface area contributed by atoms with Gasteiger partial charge in [-0.2, -0.15) is 0 Å². The van der Waals surface area contributed by atoms with Crippen molar-refractivity contribution in [3.8, 4) is 5.75 Å². The molecule has 2 rings (SSSR count). The minimum Gasteiger partial charge on any atom is -0.496 e. The summed E-state index contributed by atoms with van der Waals surface area (Å²) in [6, 6.07) is 5.76. The minimum atomic E-state index is 0.141. The zero-order chi connectivity index (χ0) is 14.5. The Kier molecular flexibility index (Phi) is 5.18. The molecule has 0 aliphatic heterocycles. The van der Waals surface area contributed by atoms with Crippen molar-refractivity contribution in [2.24, 2.45) is 5.92 Å². The number of carbonyl (C=O) groups excluding carboxylic acids is 1. The first-order valence-electron chi connectivity index (χ1n) is 7.46. The number of carbonyl (C=O) groups is 1. The smallest absolute Gasteiger partial charge is 0.180 e. The van der Waals surface area contributed by atoms with Crippen molar-refractivity contribution in [1.82, 2.24) is 4.90 Å². The zero-order valence-corrected chi connectivity index (χ0v) is 12.8. The molecule has 1 aromatic rings. The number of hydrogen-bond donors (Lipinski definition) is 0. The molecule has 1 saturated carbocycles. The van der Waals surface area contributed by atoms with E-state index in [0.29, 0.717) is 17.9 Å². The third-order valence-corrected chi connectivity index (χ3v) is 4.12. The number of methoxy groups -OCH3 is 1. The number of benzene rings is 1. The maximum Gasteiger partial charge on any atom is 0.180 e. The molecule has 0 unspecified atom stereocenters. The van der Waals surface area contributed by atoms with Gasteiger partial charge in [-0.1, -0.05) is 18.9 Å². The number of likely N-dealkylation sites (N-methyl/N-ethyl adjacent to an activating group) is 1. The number of ether oxygens (including phenoxy) is 1. The summed E-state index contributed by atoms with van der Waals surface area (Å²) in [4.78, 5) is 14.5. The fourth-order valence-corrected chi connectivity index (χ4v) is 3.06. The van der Waals surface area contributed by atoms with Crippen molar-refractivity contribution in [1.29, 1.82) is 0 Å². The van der Waals surface area contributed by atoms with Gasteiger partial charge < -0.3 is 4.74 Å². The highest BCUT2D eigenvalue weighted by molar-refractivity contribution is 6.00. The van der Waals surface area contributed by atoms with Crippen LogP contribution in [0.15, 0.2) is 18.2 Å². The molecule has 3 heteroatoms. The van der Waals surface area contributed by atoms with Crippen LogP contribution >= 0.6 is 0 Å². The van der Waals surface area contributed by atoms with Crippen LogP contribution in [0.25, 0.3) is 0 Å². The van der Waals surface area contributed by atoms with Gasteiger partial charge in [0.1, 0.15) is 5.75 Å². The lowest BCUT2D eigenvalue weighted by Crippen LogP contribution is -2.30. The Morgan fingerprint density at radius 3 is 2.70 bits per heavy atom. The van der Waals surface area contributed by atoms with Crippen molar-refractivity contribution >= 4 is 5.78 Å². The molecule has 1 fully saturated rings. The lowest BCUT2D eigenvalue weighted by atomic mass is 10.1. The van der Waals surface area contributed by atoms with E-state index < -0.39 is 0 Å². The Hall–Kier alpha value is -1.35. The molecule has 1 aliphatic rings. The summed E-state index contributed by atoms with van der Waals surface area (Å²) >= 11 is 0. The van der Waals surface area contributed by atoms with Gasteiger partial charge in [0, 0.05) is 6.54 Å². The summed E-state index contributed by atoms with van der Waals surface area (Å²) in [6.45, 7) is 3.50. The highest BCUT2D eigenvalue weighted by Gasteiger charge is 2.19. The molecular weight excluding hydrogens is 250 g/mol. The number of Topliss-reactive ketones (excluding diaryl/α,β-unsaturated/α-hetero) is 1. The van der Waals surface area contributed by atoms with E-state index in [-0.39, 0.29) is 5.78 Å². The molecule has 1 aliphatic carbocycles. The molecular formula is C17H25NO2. The van der Waals surface area contributed by atoms with Crippen molar-refractivity contribution in [3.63, 3.8) is 0 Å². The summed E-state index contributed by atoms with van der Waals surface area (Å²) < 4.78 is 5.32. The number of nitrogens with zero attached hydrogens (tertiary/aromatic N) is 1. The monoisotopic (exact) mass is 275 g/mol. The standard InChI is InChI=1S/C17H25NO2/c1-13-8-9-15(17(10-13)20-3)16(19)12-18(2)11-14-6-4-5-7-14/h8-10,14H,4-7,11-12H2,1-3H3. The average molecular weight is 275 g/mol. The van der Waals surface area contributed by atoms with Crippen LogP contribution in [0.4, 0.5) is 0 Å². The first-order valence-corrected chi connectivity index (χ1v) is 7.46. The second-order valence-electron chi connectivity index (χ2n) is 5.97. The van der Waals surface area contributed by atoms with Gasteiger partial charge in [-0.3, -0.25) is 9.69 Å². The fraction of sp³-hybridized carbons (Fsp3) is 0.588. The number of hydrogen-bond acceptors (Lipinski definition) is 3. The van der Waals surface area contributed by atoms with E-state index in [9.17, 15) is 4.79 Å². The van der Waals surface area contributed by atoms with E-state index in [0.717, 1.165) is 18.0 Å². The Morgan fingerprint density at radius 2 is 2.05 bits per heavy atom. The minimum absolute atomic E-state index is 0.141. The summed E-state index contributed by atoms with van der Waals surface area (Å²) in [6.07, 6.45) is 5.31. The Labute approximate surface area is 121 Å². The highest BCUT2D eigenvalue weighted by atomic mass is 16.5. The van der Waals surface area contributed by atoms with E-state index in [4.69, 9.17) is 4.74 Å². The lowest BCUT2D eigenvalue weighted by Gasteiger charge is -2.20. The number of rotatable bonds is 6. The fourth-order valence-electron chi connectivity index (χ4n) is 3.06. The van der Waals surface area contributed by atoms with Crippen molar-refractivity contribution in [3.05, 3.63) is 29.3 Å². The first-order chi connectivity index (χ1) is 9.60. The van der Waals surface area contributed by atoms with Crippen molar-refractivity contribution < 1.29 is 9.53 Å². The summed E-state index contributed by atoms with van der Waals surface area (Å²) in [5.74, 6) is 1.60. The van der Waals surface area contributed by atoms with Gasteiger partial charge in [-0.15, -0.1) is 0 Å². The molecule has 0 aromatic heterocycles. The van der Waals surface area contributed by atoms with Crippen molar-refractivity contribution in [2.45, 2.75) is 32.6 Å². The Balaban J connectivity index is 1.96. The largest absolute Gasteiger partial charge is 0.496 e. The molecule has 0 spiro atoms. The van der Waals surface area contributed by atoms with Crippen molar-refractivity contribution in [2.75, 3.05) is 27.2 Å². The predicted molar refractivity (Wildman–Crippen MR) is 81.5 cm³/mol. The molecule has 3 nitrogen and oxygen atoms in total. The molecule has 110 valence electrons. The summed E-state index contributed by atoms with van der Waals surface area (Å²) in [7, 11) is 3.66. The highest BCUT2D eigenvalue weighted by Crippen LogP contribution is 2.25. The molecule has 0 radical (unpaired) electrons. The van der Waals surface area contributed by atoms with Gasteiger partial charge in [0.05, 0.1) is 19.2 Å². The third kappa shape index (κ3) is 3.83. The molecule has 0 N–H and O–H groups in total. The van der Waals surface area contributed by atoms with Gasteiger partial charge in [-0.05, 0) is 50.4 Å². The first kappa shape index (κ1) is 15.0. The quantitative estimate of drug-likeness (QED) is 0.746. The maximum atomic E-state index is 12.4. The molecule has 0 atom stereocenters. The van der Waals surface area contributed by atoms with Crippen LogP contribution in [-0.2, 0) is 0 Å². The molecule has 20 heavy (non-hydrogen) atoms. The van der Waals surface area contributed by atoms with E-state index in [1.807, 2.05) is 32.2 Å². The molecule has 1 aromatic carbocycles. The van der Waals surface area contributed by atoms with Crippen LogP contribution in [-0.4, -0.2) is 37.9 Å². The van der Waals surface area contributed by atoms with E-state index >= 15 is 0 Å². The van der Waals surface area contributed by atoms with Crippen LogP contribution in [0.1, 0.15) is 41.6 Å². The maximum absolute atomic E-state index is 12.4.